The van der Waals surface area contributed by atoms with Crippen LogP contribution in [-0.2, 0) is 19.1 Å². The van der Waals surface area contributed by atoms with Gasteiger partial charge in [0.25, 0.3) is 0 Å². The maximum Gasteiger partial charge on any atom is 0.334 e. The van der Waals surface area contributed by atoms with Crippen LogP contribution in [0.1, 0.15) is 47.0 Å². The van der Waals surface area contributed by atoms with Crippen LogP contribution in [0.15, 0.2) is 35.5 Å². The summed E-state index contributed by atoms with van der Waals surface area (Å²) in [6.07, 6.45) is 3.53. The molecule has 5 nitrogen and oxygen atoms in total. The van der Waals surface area contributed by atoms with Gasteiger partial charge in [-0.15, -0.1) is 0 Å². The van der Waals surface area contributed by atoms with Gasteiger partial charge in [-0.3, -0.25) is 4.79 Å². The van der Waals surface area contributed by atoms with Crippen molar-refractivity contribution in [2.24, 2.45) is 11.8 Å². The molecule has 138 valence electrons. The highest BCUT2D eigenvalue weighted by molar-refractivity contribution is 5.91. The number of aliphatic hydroxyl groups excluding tert-OH is 1. The average molecular weight is 348 g/mol. The minimum atomic E-state index is -0.612. The van der Waals surface area contributed by atoms with Gasteiger partial charge in [0.15, 0.2) is 0 Å². The van der Waals surface area contributed by atoms with E-state index in [0.717, 1.165) is 11.1 Å². The lowest BCUT2D eigenvalue weighted by Gasteiger charge is -2.28. The molecule has 0 radical (unpaired) electrons. The van der Waals surface area contributed by atoms with Crippen LogP contribution in [-0.4, -0.2) is 35.4 Å². The second-order valence-corrected chi connectivity index (χ2v) is 7.21. The summed E-state index contributed by atoms with van der Waals surface area (Å²) in [7, 11) is 0. The minimum Gasteiger partial charge on any atom is -0.461 e. The Labute approximate surface area is 149 Å². The highest BCUT2D eigenvalue weighted by Crippen LogP contribution is 2.36. The first-order valence-corrected chi connectivity index (χ1v) is 8.85. The van der Waals surface area contributed by atoms with E-state index >= 15 is 0 Å². The van der Waals surface area contributed by atoms with E-state index in [1.807, 2.05) is 33.8 Å². The average Bonchev–Trinajstić information content (AvgIpc) is 2.78. The first kappa shape index (κ1) is 19.4. The van der Waals surface area contributed by atoms with Crippen molar-refractivity contribution in [3.05, 3.63) is 35.5 Å². The summed E-state index contributed by atoms with van der Waals surface area (Å²) in [6, 6.07) is 0. The van der Waals surface area contributed by atoms with Crippen LogP contribution in [0.5, 0.6) is 0 Å². The van der Waals surface area contributed by atoms with E-state index in [4.69, 9.17) is 9.47 Å². The van der Waals surface area contributed by atoms with Gasteiger partial charge in [-0.2, -0.15) is 0 Å². The second-order valence-electron chi connectivity index (χ2n) is 7.21. The molecule has 5 unspecified atom stereocenters. The van der Waals surface area contributed by atoms with Crippen LogP contribution in [0, 0.1) is 11.8 Å². The molecule has 0 bridgehead atoms. The number of hydrogen-bond acceptors (Lipinski definition) is 5. The summed E-state index contributed by atoms with van der Waals surface area (Å²) in [5, 5.41) is 10.2. The van der Waals surface area contributed by atoms with E-state index < -0.39 is 30.2 Å². The van der Waals surface area contributed by atoms with Gasteiger partial charge in [0.2, 0.25) is 0 Å². The molecule has 1 aliphatic carbocycles. The number of carbonyl (C=O) groups is 2. The lowest BCUT2D eigenvalue weighted by atomic mass is 9.85. The smallest absolute Gasteiger partial charge is 0.334 e. The first-order valence-electron chi connectivity index (χ1n) is 8.85. The van der Waals surface area contributed by atoms with Gasteiger partial charge >= 0.3 is 11.9 Å². The van der Waals surface area contributed by atoms with Crippen molar-refractivity contribution in [2.75, 3.05) is 0 Å². The fraction of sp³-hybridized carbons (Fsp3) is 0.600. The zero-order valence-electron chi connectivity index (χ0n) is 15.5. The van der Waals surface area contributed by atoms with Gasteiger partial charge in [0, 0.05) is 12.0 Å². The normalized spacial score (nSPS) is 35.6. The van der Waals surface area contributed by atoms with Crippen LogP contribution in [0.3, 0.4) is 0 Å². The van der Waals surface area contributed by atoms with Crippen molar-refractivity contribution in [1.29, 1.82) is 0 Å². The molecule has 25 heavy (non-hydrogen) atoms. The maximum absolute atomic E-state index is 12.3. The Morgan fingerprint density at radius 3 is 2.64 bits per heavy atom. The Bertz CT molecular complexity index is 616. The van der Waals surface area contributed by atoms with E-state index in [0.29, 0.717) is 24.8 Å². The van der Waals surface area contributed by atoms with Gasteiger partial charge in [0.05, 0.1) is 17.9 Å². The predicted octanol–water partition coefficient (Wildman–Crippen LogP) is 3.09. The number of esters is 2. The predicted molar refractivity (Wildman–Crippen MR) is 94.6 cm³/mol. The second kappa shape index (κ2) is 8.00. The van der Waals surface area contributed by atoms with Gasteiger partial charge in [-0.05, 0) is 32.8 Å². The third kappa shape index (κ3) is 4.60. The number of hydrogen-bond donors (Lipinski definition) is 1. The quantitative estimate of drug-likeness (QED) is 0.482. The molecule has 0 aromatic rings. The van der Waals surface area contributed by atoms with Crippen LogP contribution >= 0.6 is 0 Å². The van der Waals surface area contributed by atoms with Crippen molar-refractivity contribution >= 4 is 11.9 Å². The minimum absolute atomic E-state index is 0.215. The molecular formula is C20H28O5. The lowest BCUT2D eigenvalue weighted by molar-refractivity contribution is -0.156. The molecule has 1 aliphatic heterocycles. The molecule has 0 aromatic heterocycles. The highest BCUT2D eigenvalue weighted by Gasteiger charge is 2.44. The maximum atomic E-state index is 12.3. The topological polar surface area (TPSA) is 72.8 Å². The molecule has 1 saturated heterocycles. The number of carbonyl (C=O) groups excluding carboxylic acids is 2. The third-order valence-corrected chi connectivity index (χ3v) is 4.92. The van der Waals surface area contributed by atoms with E-state index in [-0.39, 0.29) is 11.9 Å². The molecule has 0 amide bonds. The molecule has 5 heteroatoms. The monoisotopic (exact) mass is 348 g/mol. The van der Waals surface area contributed by atoms with Crippen LogP contribution in [0.4, 0.5) is 0 Å². The highest BCUT2D eigenvalue weighted by atomic mass is 16.6. The summed E-state index contributed by atoms with van der Waals surface area (Å²) >= 11 is 0. The summed E-state index contributed by atoms with van der Waals surface area (Å²) in [4.78, 5) is 24.4. The fourth-order valence-electron chi connectivity index (χ4n) is 3.31. The third-order valence-electron chi connectivity index (χ3n) is 4.92. The molecular weight excluding hydrogens is 320 g/mol. The zero-order chi connectivity index (χ0) is 18.7. The number of ether oxygens (including phenoxy) is 2. The zero-order valence-corrected chi connectivity index (χ0v) is 15.5. The lowest BCUT2D eigenvalue weighted by Crippen LogP contribution is -2.35. The van der Waals surface area contributed by atoms with Gasteiger partial charge in [-0.1, -0.05) is 37.6 Å². The van der Waals surface area contributed by atoms with Crippen LogP contribution < -0.4 is 0 Å². The SMILES string of the molecule is C=C1C(=O)OC2/C=C(/C)CC(O)/C=C(/C)CC(OC(=O)C(C)CC)C12. The summed E-state index contributed by atoms with van der Waals surface area (Å²) in [6.45, 7) is 11.4. The molecule has 0 aromatic carbocycles. The molecule has 1 N–H and O–H groups in total. The molecule has 5 atom stereocenters. The largest absolute Gasteiger partial charge is 0.461 e. The van der Waals surface area contributed by atoms with Gasteiger partial charge < -0.3 is 14.6 Å². The van der Waals surface area contributed by atoms with E-state index in [2.05, 4.69) is 6.58 Å². The molecule has 0 spiro atoms. The summed E-state index contributed by atoms with van der Waals surface area (Å²) in [5.74, 6) is -1.36. The van der Waals surface area contributed by atoms with E-state index in [1.165, 1.54) is 0 Å². The molecule has 1 fully saturated rings. The Morgan fingerprint density at radius 1 is 1.36 bits per heavy atom. The van der Waals surface area contributed by atoms with Crippen LogP contribution in [0.25, 0.3) is 0 Å². The Hall–Kier alpha value is -1.88. The Kier molecular flexibility index (Phi) is 6.22. The molecule has 0 saturated carbocycles. The Balaban J connectivity index is 2.39. The van der Waals surface area contributed by atoms with Gasteiger partial charge in [0.1, 0.15) is 12.2 Å². The molecule has 1 heterocycles. The van der Waals surface area contributed by atoms with Crippen molar-refractivity contribution in [1.82, 2.24) is 0 Å². The number of aliphatic hydroxyl groups is 1. The number of rotatable bonds is 3. The van der Waals surface area contributed by atoms with Gasteiger partial charge in [-0.25, -0.2) is 4.79 Å². The summed E-state index contributed by atoms with van der Waals surface area (Å²) < 4.78 is 11.2. The van der Waals surface area contributed by atoms with E-state index in [9.17, 15) is 14.7 Å². The molecule has 2 rings (SSSR count). The first-order chi connectivity index (χ1) is 11.7. The standard InChI is InChI=1S/C20H28O5/c1-6-13(4)19(22)24-16-9-11(2)7-15(21)8-12(3)10-17-18(16)14(5)20(23)25-17/h7,10,13,15-18,21H,5-6,8-9H2,1-4H3/b11-7-,12-10-. The van der Waals surface area contributed by atoms with Crippen LogP contribution in [0.2, 0.25) is 0 Å². The Morgan fingerprint density at radius 2 is 2.00 bits per heavy atom. The van der Waals surface area contributed by atoms with E-state index in [1.54, 1.807) is 6.08 Å². The van der Waals surface area contributed by atoms with Crippen molar-refractivity contribution < 1.29 is 24.2 Å². The fourth-order valence-corrected chi connectivity index (χ4v) is 3.31. The van der Waals surface area contributed by atoms with Crippen molar-refractivity contribution in [3.8, 4) is 0 Å². The van der Waals surface area contributed by atoms with Crippen molar-refractivity contribution in [2.45, 2.75) is 65.3 Å². The molecule has 2 aliphatic rings. The number of fused-ring (bicyclic) bond motifs is 1. The van der Waals surface area contributed by atoms with Crippen molar-refractivity contribution in [3.63, 3.8) is 0 Å². The summed E-state index contributed by atoms with van der Waals surface area (Å²) in [5.41, 5.74) is 2.17.